The van der Waals surface area contributed by atoms with E-state index in [1.807, 2.05) is 32.2 Å². The van der Waals surface area contributed by atoms with Crippen LogP contribution in [0.15, 0.2) is 23.2 Å². The monoisotopic (exact) mass is 333 g/mol. The molecular formula is C16H23N5O3. The van der Waals surface area contributed by atoms with Crippen LogP contribution in [-0.4, -0.2) is 70.4 Å². The largest absolute Gasteiger partial charge is 0.448 e. The van der Waals surface area contributed by atoms with Gasteiger partial charge in [0.15, 0.2) is 12.1 Å². The van der Waals surface area contributed by atoms with E-state index in [0.717, 1.165) is 5.56 Å². The smallest absolute Gasteiger partial charge is 0.276 e. The molecule has 0 bridgehead atoms. The lowest BCUT2D eigenvalue weighted by molar-refractivity contribution is -0.0686. The van der Waals surface area contributed by atoms with Gasteiger partial charge in [-0.1, -0.05) is 0 Å². The predicted molar refractivity (Wildman–Crippen MR) is 86.5 cm³/mol. The molecule has 2 atom stereocenters. The SMILES string of the molecule is Cc1ocnc1C(=O)N1CCO[C@@H](CN(C)C)[C@@H]1c1cnn(C)c1. The van der Waals surface area contributed by atoms with Crippen molar-refractivity contribution in [2.45, 2.75) is 19.1 Å². The lowest BCUT2D eigenvalue weighted by Gasteiger charge is -2.41. The Bertz CT molecular complexity index is 708. The molecule has 8 nitrogen and oxygen atoms in total. The Hall–Kier alpha value is -2.19. The normalized spacial score (nSPS) is 21.5. The number of hydrogen-bond donors (Lipinski definition) is 0. The van der Waals surface area contributed by atoms with E-state index in [4.69, 9.17) is 9.15 Å². The van der Waals surface area contributed by atoms with E-state index in [-0.39, 0.29) is 18.1 Å². The Morgan fingerprint density at radius 3 is 2.83 bits per heavy atom. The molecule has 1 fully saturated rings. The second kappa shape index (κ2) is 6.74. The summed E-state index contributed by atoms with van der Waals surface area (Å²) < 4.78 is 12.9. The highest BCUT2D eigenvalue weighted by molar-refractivity contribution is 5.93. The molecule has 3 rings (SSSR count). The van der Waals surface area contributed by atoms with Crippen LogP contribution in [0.2, 0.25) is 0 Å². The Kier molecular flexibility index (Phi) is 4.68. The number of morpholine rings is 1. The fraction of sp³-hybridized carbons (Fsp3) is 0.562. The van der Waals surface area contributed by atoms with Crippen LogP contribution in [0.3, 0.4) is 0 Å². The van der Waals surface area contributed by atoms with Gasteiger partial charge < -0.3 is 19.0 Å². The number of aryl methyl sites for hydroxylation is 2. The number of oxazole rings is 1. The first-order valence-electron chi connectivity index (χ1n) is 7.93. The molecule has 0 N–H and O–H groups in total. The van der Waals surface area contributed by atoms with Gasteiger partial charge in [0.25, 0.3) is 5.91 Å². The molecule has 0 aliphatic carbocycles. The summed E-state index contributed by atoms with van der Waals surface area (Å²) in [4.78, 5) is 21.0. The summed E-state index contributed by atoms with van der Waals surface area (Å²) in [5, 5.41) is 4.25. The van der Waals surface area contributed by atoms with Crippen LogP contribution >= 0.6 is 0 Å². The quantitative estimate of drug-likeness (QED) is 0.826. The number of amides is 1. The van der Waals surface area contributed by atoms with Crippen molar-refractivity contribution in [1.82, 2.24) is 24.6 Å². The summed E-state index contributed by atoms with van der Waals surface area (Å²) in [5.41, 5.74) is 1.31. The summed E-state index contributed by atoms with van der Waals surface area (Å²) in [6.45, 7) is 3.46. The third-order valence-corrected chi connectivity index (χ3v) is 4.17. The van der Waals surface area contributed by atoms with Gasteiger partial charge in [-0.25, -0.2) is 4.98 Å². The van der Waals surface area contributed by atoms with Gasteiger partial charge in [-0.05, 0) is 21.0 Å². The molecule has 3 heterocycles. The molecule has 0 saturated carbocycles. The Balaban J connectivity index is 1.95. The van der Waals surface area contributed by atoms with Crippen LogP contribution in [0.4, 0.5) is 0 Å². The van der Waals surface area contributed by atoms with Crippen LogP contribution in [0, 0.1) is 6.92 Å². The first-order chi connectivity index (χ1) is 11.5. The van der Waals surface area contributed by atoms with Gasteiger partial charge >= 0.3 is 0 Å². The molecule has 2 aromatic rings. The third kappa shape index (κ3) is 3.20. The molecule has 1 amide bonds. The van der Waals surface area contributed by atoms with Crippen LogP contribution < -0.4 is 0 Å². The summed E-state index contributed by atoms with van der Waals surface area (Å²) in [6.07, 6.45) is 4.89. The third-order valence-electron chi connectivity index (χ3n) is 4.17. The van der Waals surface area contributed by atoms with Crippen molar-refractivity contribution in [1.29, 1.82) is 0 Å². The topological polar surface area (TPSA) is 76.6 Å². The maximum Gasteiger partial charge on any atom is 0.276 e. The molecule has 0 radical (unpaired) electrons. The van der Waals surface area contributed by atoms with Crippen molar-refractivity contribution in [3.63, 3.8) is 0 Å². The van der Waals surface area contributed by atoms with Crippen molar-refractivity contribution >= 4 is 5.91 Å². The van der Waals surface area contributed by atoms with Gasteiger partial charge in [0, 0.05) is 31.9 Å². The highest BCUT2D eigenvalue weighted by Gasteiger charge is 2.38. The van der Waals surface area contributed by atoms with E-state index in [1.54, 1.807) is 17.8 Å². The second-order valence-corrected chi connectivity index (χ2v) is 6.32. The number of carbonyl (C=O) groups is 1. The summed E-state index contributed by atoms with van der Waals surface area (Å²) >= 11 is 0. The predicted octanol–water partition coefficient (Wildman–Crippen LogP) is 0.860. The first kappa shape index (κ1) is 16.7. The minimum Gasteiger partial charge on any atom is -0.448 e. The molecule has 1 aliphatic heterocycles. The van der Waals surface area contributed by atoms with Gasteiger partial charge in [0.1, 0.15) is 5.76 Å². The number of hydrogen-bond acceptors (Lipinski definition) is 6. The van der Waals surface area contributed by atoms with Crippen molar-refractivity contribution in [3.8, 4) is 0 Å². The molecule has 1 saturated heterocycles. The van der Waals surface area contributed by atoms with Gasteiger partial charge in [-0.15, -0.1) is 0 Å². The maximum atomic E-state index is 13.0. The highest BCUT2D eigenvalue weighted by Crippen LogP contribution is 2.31. The van der Waals surface area contributed by atoms with Gasteiger partial charge in [0.05, 0.1) is 24.9 Å². The first-order valence-corrected chi connectivity index (χ1v) is 7.93. The number of ether oxygens (including phenoxy) is 1. The lowest BCUT2D eigenvalue weighted by Crippen LogP contribution is -2.51. The molecular weight excluding hydrogens is 310 g/mol. The van der Waals surface area contributed by atoms with Crippen molar-refractivity contribution in [2.24, 2.45) is 7.05 Å². The Morgan fingerprint density at radius 1 is 1.46 bits per heavy atom. The van der Waals surface area contributed by atoms with Gasteiger partial charge in [-0.3, -0.25) is 9.48 Å². The number of carbonyl (C=O) groups excluding carboxylic acids is 1. The van der Waals surface area contributed by atoms with Crippen LogP contribution in [-0.2, 0) is 11.8 Å². The van der Waals surface area contributed by atoms with Crippen molar-refractivity contribution in [3.05, 3.63) is 35.8 Å². The van der Waals surface area contributed by atoms with Crippen LogP contribution in [0.25, 0.3) is 0 Å². The van der Waals surface area contributed by atoms with E-state index >= 15 is 0 Å². The van der Waals surface area contributed by atoms with E-state index < -0.39 is 0 Å². The summed E-state index contributed by atoms with van der Waals surface area (Å²) in [6, 6.07) is -0.210. The fourth-order valence-corrected chi connectivity index (χ4v) is 3.11. The average molecular weight is 333 g/mol. The molecule has 1 aliphatic rings. The fourth-order valence-electron chi connectivity index (χ4n) is 3.11. The van der Waals surface area contributed by atoms with E-state index in [9.17, 15) is 4.79 Å². The number of nitrogens with zero attached hydrogens (tertiary/aromatic N) is 5. The minimum absolute atomic E-state index is 0.130. The zero-order valence-electron chi connectivity index (χ0n) is 14.5. The maximum absolute atomic E-state index is 13.0. The highest BCUT2D eigenvalue weighted by atomic mass is 16.5. The van der Waals surface area contributed by atoms with E-state index in [1.165, 1.54) is 6.39 Å². The summed E-state index contributed by atoms with van der Waals surface area (Å²) in [5.74, 6) is 0.391. The molecule has 130 valence electrons. The van der Waals surface area contributed by atoms with Crippen molar-refractivity contribution in [2.75, 3.05) is 33.8 Å². The van der Waals surface area contributed by atoms with E-state index in [2.05, 4.69) is 15.0 Å². The number of aromatic nitrogens is 3. The number of likely N-dealkylation sites (N-methyl/N-ethyl adjacent to an activating group) is 1. The molecule has 2 aromatic heterocycles. The van der Waals surface area contributed by atoms with Gasteiger partial charge in [-0.2, -0.15) is 5.10 Å². The van der Waals surface area contributed by atoms with E-state index in [0.29, 0.717) is 31.2 Å². The molecule has 0 aromatic carbocycles. The lowest BCUT2D eigenvalue weighted by atomic mass is 10.00. The zero-order valence-corrected chi connectivity index (χ0v) is 14.5. The summed E-state index contributed by atoms with van der Waals surface area (Å²) in [7, 11) is 5.85. The standard InChI is InChI=1S/C16H23N5O3/c1-11-14(17-10-24-11)16(22)21-5-6-23-13(9-19(2)3)15(21)12-7-18-20(4)8-12/h7-8,10,13,15H,5-6,9H2,1-4H3/t13-,15-/m0/s1. The average Bonchev–Trinajstić information content (AvgIpc) is 3.14. The van der Waals surface area contributed by atoms with Crippen LogP contribution in [0.1, 0.15) is 27.9 Å². The molecule has 0 spiro atoms. The van der Waals surface area contributed by atoms with Crippen molar-refractivity contribution < 1.29 is 13.9 Å². The Morgan fingerprint density at radius 2 is 2.25 bits per heavy atom. The van der Waals surface area contributed by atoms with Gasteiger partial charge in [0.2, 0.25) is 0 Å². The molecule has 24 heavy (non-hydrogen) atoms. The minimum atomic E-state index is -0.210. The van der Waals surface area contributed by atoms with Crippen LogP contribution in [0.5, 0.6) is 0 Å². The molecule has 8 heteroatoms. The zero-order chi connectivity index (χ0) is 17.3. The number of rotatable bonds is 4. The molecule has 0 unspecified atom stereocenters. The second-order valence-electron chi connectivity index (χ2n) is 6.32. The Labute approximate surface area is 141 Å².